The van der Waals surface area contributed by atoms with Gasteiger partial charge in [0.1, 0.15) is 12.3 Å². The van der Waals surface area contributed by atoms with E-state index < -0.39 is 5.97 Å². The van der Waals surface area contributed by atoms with Gasteiger partial charge in [-0.05, 0) is 33.7 Å². The summed E-state index contributed by atoms with van der Waals surface area (Å²) in [6.07, 6.45) is 1.93. The molecule has 2 aromatic carbocycles. The van der Waals surface area contributed by atoms with E-state index in [1.807, 2.05) is 48.5 Å². The predicted octanol–water partition coefficient (Wildman–Crippen LogP) is 2.02. The minimum atomic E-state index is -1.00. The van der Waals surface area contributed by atoms with Crippen LogP contribution in [0.15, 0.2) is 61.2 Å². The van der Waals surface area contributed by atoms with Crippen LogP contribution in [0.4, 0.5) is 0 Å². The molecule has 0 amide bonds. The number of aromatic hydroxyl groups is 1. The van der Waals surface area contributed by atoms with Crippen molar-refractivity contribution < 1.29 is 15.0 Å². The number of carboxylic acid groups (broad SMARTS) is 1. The average Bonchev–Trinajstić information content (AvgIpc) is 3.23. The third-order valence-electron chi connectivity index (χ3n) is 5.65. The van der Waals surface area contributed by atoms with Crippen molar-refractivity contribution in [1.82, 2.24) is 30.0 Å². The van der Waals surface area contributed by atoms with Gasteiger partial charge in [-0.15, -0.1) is 11.7 Å². The van der Waals surface area contributed by atoms with Gasteiger partial charge in [0.25, 0.3) is 0 Å². The third-order valence-corrected chi connectivity index (χ3v) is 5.65. The average molecular weight is 435 g/mol. The largest absolute Gasteiger partial charge is 0.508 e. The zero-order chi connectivity index (χ0) is 22.5. The highest BCUT2D eigenvalue weighted by atomic mass is 16.4. The maximum Gasteiger partial charge on any atom is 0.325 e. The van der Waals surface area contributed by atoms with Crippen molar-refractivity contribution in [3.05, 3.63) is 72.3 Å². The van der Waals surface area contributed by atoms with Crippen LogP contribution in [0.25, 0.3) is 11.4 Å². The van der Waals surface area contributed by atoms with Gasteiger partial charge in [-0.3, -0.25) is 14.6 Å². The first kappa shape index (κ1) is 21.7. The minimum absolute atomic E-state index is 0.0166. The number of tetrazole rings is 1. The van der Waals surface area contributed by atoms with Gasteiger partial charge in [-0.2, -0.15) is 0 Å². The van der Waals surface area contributed by atoms with Gasteiger partial charge < -0.3 is 10.2 Å². The summed E-state index contributed by atoms with van der Waals surface area (Å²) < 4.78 is 1.27. The maximum atomic E-state index is 11.1. The fourth-order valence-corrected chi connectivity index (χ4v) is 4.16. The number of hydrogen-bond donors (Lipinski definition) is 2. The molecular weight excluding hydrogens is 408 g/mol. The summed E-state index contributed by atoms with van der Waals surface area (Å²) in [7, 11) is 0. The molecule has 166 valence electrons. The van der Waals surface area contributed by atoms with Crippen molar-refractivity contribution in [2.45, 2.75) is 12.6 Å². The quantitative estimate of drug-likeness (QED) is 0.519. The summed E-state index contributed by atoms with van der Waals surface area (Å²) in [5.41, 5.74) is 2.84. The number of carbonyl (C=O) groups is 1. The Morgan fingerprint density at radius 3 is 2.50 bits per heavy atom. The van der Waals surface area contributed by atoms with Gasteiger partial charge in [0.05, 0.1) is 6.04 Å². The lowest BCUT2D eigenvalue weighted by atomic mass is 9.95. The number of phenolic OH excluding ortho intramolecular Hbond substituents is 1. The lowest BCUT2D eigenvalue weighted by molar-refractivity contribution is -0.137. The van der Waals surface area contributed by atoms with Gasteiger partial charge in [0.2, 0.25) is 0 Å². The molecule has 2 N–H and O–H groups in total. The van der Waals surface area contributed by atoms with Crippen molar-refractivity contribution in [3.63, 3.8) is 0 Å². The topological polar surface area (TPSA) is 108 Å². The van der Waals surface area contributed by atoms with Crippen LogP contribution in [-0.4, -0.2) is 78.9 Å². The molecule has 0 aliphatic carbocycles. The lowest BCUT2D eigenvalue weighted by Gasteiger charge is -2.39. The number of aliphatic carboxylic acids is 1. The summed E-state index contributed by atoms with van der Waals surface area (Å²) in [5, 5.41) is 30.5. The summed E-state index contributed by atoms with van der Waals surface area (Å²) in [5.74, 6) is -0.358. The molecular formula is C23H26N6O3. The van der Waals surface area contributed by atoms with Crippen LogP contribution in [0, 0.1) is 0 Å². The number of aromatic nitrogens is 4. The van der Waals surface area contributed by atoms with Crippen molar-refractivity contribution in [3.8, 4) is 17.1 Å². The third kappa shape index (κ3) is 4.84. The molecule has 1 aliphatic heterocycles. The van der Waals surface area contributed by atoms with E-state index in [0.29, 0.717) is 5.82 Å². The molecule has 1 fully saturated rings. The standard InChI is InChI=1S/C23H26N6O3/c1-2-10-27-11-13-28(14-12-27)22(19-4-3-5-20(30)15-19)17-6-8-18(9-7-17)23-24-25-26-29(23)16-21(31)32/h2-9,15,22,30H,1,10-14,16H2,(H,31,32)/t22-/m1/s1. The van der Waals surface area contributed by atoms with E-state index in [1.165, 1.54) is 4.68 Å². The zero-order valence-electron chi connectivity index (χ0n) is 17.7. The monoisotopic (exact) mass is 434 g/mol. The Morgan fingerprint density at radius 1 is 1.09 bits per heavy atom. The highest BCUT2D eigenvalue weighted by Crippen LogP contribution is 2.32. The van der Waals surface area contributed by atoms with Crippen molar-refractivity contribution in [1.29, 1.82) is 0 Å². The molecule has 9 heteroatoms. The second kappa shape index (κ2) is 9.71. The van der Waals surface area contributed by atoms with E-state index in [2.05, 4.69) is 31.9 Å². The molecule has 1 saturated heterocycles. The number of benzene rings is 2. The maximum absolute atomic E-state index is 11.1. The van der Waals surface area contributed by atoms with Crippen LogP contribution in [0.2, 0.25) is 0 Å². The Hall–Kier alpha value is -3.56. The van der Waals surface area contributed by atoms with E-state index in [1.54, 1.807) is 6.07 Å². The van der Waals surface area contributed by atoms with Gasteiger partial charge >= 0.3 is 5.97 Å². The smallest absolute Gasteiger partial charge is 0.325 e. The Morgan fingerprint density at radius 2 is 1.84 bits per heavy atom. The van der Waals surface area contributed by atoms with Crippen LogP contribution < -0.4 is 0 Å². The Kier molecular flexibility index (Phi) is 6.58. The number of hydrogen-bond acceptors (Lipinski definition) is 7. The van der Waals surface area contributed by atoms with Crippen LogP contribution in [0.1, 0.15) is 17.2 Å². The second-order valence-corrected chi connectivity index (χ2v) is 7.80. The molecule has 32 heavy (non-hydrogen) atoms. The Bertz CT molecular complexity index is 1070. The van der Waals surface area contributed by atoms with Crippen molar-refractivity contribution in [2.75, 3.05) is 32.7 Å². The molecule has 9 nitrogen and oxygen atoms in total. The molecule has 1 aliphatic rings. The molecule has 4 rings (SSSR count). The fourth-order valence-electron chi connectivity index (χ4n) is 4.16. The van der Waals surface area contributed by atoms with E-state index >= 15 is 0 Å². The van der Waals surface area contributed by atoms with Gasteiger partial charge in [-0.1, -0.05) is 42.5 Å². The van der Waals surface area contributed by atoms with Gasteiger partial charge in [0, 0.05) is 38.3 Å². The molecule has 0 unspecified atom stereocenters. The van der Waals surface area contributed by atoms with Gasteiger partial charge in [-0.25, -0.2) is 4.68 Å². The lowest BCUT2D eigenvalue weighted by Crippen LogP contribution is -2.47. The molecule has 0 spiro atoms. The highest BCUT2D eigenvalue weighted by molar-refractivity contribution is 5.67. The summed E-state index contributed by atoms with van der Waals surface area (Å²) in [4.78, 5) is 15.8. The molecule has 3 aromatic rings. The van der Waals surface area contributed by atoms with E-state index in [9.17, 15) is 9.90 Å². The van der Waals surface area contributed by atoms with Crippen LogP contribution in [0.5, 0.6) is 5.75 Å². The first-order chi connectivity index (χ1) is 15.5. The van der Waals surface area contributed by atoms with Gasteiger partial charge in [0.15, 0.2) is 5.82 Å². The second-order valence-electron chi connectivity index (χ2n) is 7.80. The summed E-state index contributed by atoms with van der Waals surface area (Å²) in [6, 6.07) is 15.2. The van der Waals surface area contributed by atoms with Crippen LogP contribution in [-0.2, 0) is 11.3 Å². The first-order valence-corrected chi connectivity index (χ1v) is 10.5. The van der Waals surface area contributed by atoms with Crippen LogP contribution >= 0.6 is 0 Å². The normalized spacial score (nSPS) is 16.0. The predicted molar refractivity (Wildman–Crippen MR) is 119 cm³/mol. The molecule has 2 heterocycles. The number of phenols is 1. The van der Waals surface area contributed by atoms with Crippen LogP contribution in [0.3, 0.4) is 0 Å². The van der Waals surface area contributed by atoms with Crippen molar-refractivity contribution >= 4 is 5.97 Å². The summed E-state index contributed by atoms with van der Waals surface area (Å²) in [6.45, 7) is 8.10. The first-order valence-electron chi connectivity index (χ1n) is 10.5. The number of piperazine rings is 1. The van der Waals surface area contributed by atoms with E-state index in [4.69, 9.17) is 5.11 Å². The fraction of sp³-hybridized carbons (Fsp3) is 0.304. The molecule has 1 aromatic heterocycles. The zero-order valence-corrected chi connectivity index (χ0v) is 17.7. The highest BCUT2D eigenvalue weighted by Gasteiger charge is 2.26. The molecule has 1 atom stereocenters. The van der Waals surface area contributed by atoms with E-state index in [0.717, 1.165) is 49.4 Å². The minimum Gasteiger partial charge on any atom is -0.508 e. The number of nitrogens with zero attached hydrogens (tertiary/aromatic N) is 6. The summed E-state index contributed by atoms with van der Waals surface area (Å²) >= 11 is 0. The Labute approximate surface area is 186 Å². The molecule has 0 saturated carbocycles. The Balaban J connectivity index is 1.63. The van der Waals surface area contributed by atoms with E-state index in [-0.39, 0.29) is 18.3 Å². The molecule has 0 radical (unpaired) electrons. The number of rotatable bonds is 8. The SMILES string of the molecule is C=CCN1CCN([C@H](c2ccc(-c3nnnn3CC(=O)O)cc2)c2cccc(O)c2)CC1. The van der Waals surface area contributed by atoms with Crippen molar-refractivity contribution in [2.24, 2.45) is 0 Å². The molecule has 0 bridgehead atoms. The number of carboxylic acids is 1.